The van der Waals surface area contributed by atoms with Crippen LogP contribution < -0.4 is 0 Å². The molecule has 3 amide bonds. The van der Waals surface area contributed by atoms with Crippen LogP contribution in [0.2, 0.25) is 0 Å². The lowest BCUT2D eigenvalue weighted by molar-refractivity contribution is 0.0651. The summed E-state index contributed by atoms with van der Waals surface area (Å²) in [4.78, 5) is 34.4. The van der Waals surface area contributed by atoms with Crippen molar-refractivity contribution in [3.8, 4) is 0 Å². The average molecular weight is 219 g/mol. The van der Waals surface area contributed by atoms with Gasteiger partial charge in [0, 0.05) is 0 Å². The number of imide groups is 3. The second kappa shape index (κ2) is 3.44. The summed E-state index contributed by atoms with van der Waals surface area (Å²) in [7, 11) is 0. The number of amides is 3. The third-order valence-corrected chi connectivity index (χ3v) is 2.57. The SMILES string of the molecule is CCc1cccc2c1C(=O)N(C(=O)O)C2=O. The van der Waals surface area contributed by atoms with Crippen molar-refractivity contribution in [3.63, 3.8) is 0 Å². The molecule has 5 nitrogen and oxygen atoms in total. The maximum Gasteiger partial charge on any atom is 0.421 e. The predicted octanol–water partition coefficient (Wildman–Crippen LogP) is 1.52. The molecule has 0 fully saturated rings. The van der Waals surface area contributed by atoms with Crippen LogP contribution in [0.25, 0.3) is 0 Å². The number of hydrogen-bond donors (Lipinski definition) is 1. The molecule has 0 radical (unpaired) electrons. The van der Waals surface area contributed by atoms with E-state index in [2.05, 4.69) is 0 Å². The van der Waals surface area contributed by atoms with Crippen molar-refractivity contribution in [1.29, 1.82) is 0 Å². The van der Waals surface area contributed by atoms with Gasteiger partial charge in [-0.1, -0.05) is 19.1 Å². The lowest BCUT2D eigenvalue weighted by atomic mass is 10.0. The van der Waals surface area contributed by atoms with E-state index < -0.39 is 17.9 Å². The molecule has 0 unspecified atom stereocenters. The van der Waals surface area contributed by atoms with E-state index in [1.165, 1.54) is 6.07 Å². The number of carbonyl (C=O) groups excluding carboxylic acids is 2. The topological polar surface area (TPSA) is 74.7 Å². The molecule has 0 saturated heterocycles. The Labute approximate surface area is 91.3 Å². The van der Waals surface area contributed by atoms with Gasteiger partial charge in [-0.15, -0.1) is 0 Å². The number of aryl methyl sites for hydroxylation is 1. The number of fused-ring (bicyclic) bond motifs is 1. The van der Waals surface area contributed by atoms with Crippen LogP contribution in [0.1, 0.15) is 33.2 Å². The second-order valence-electron chi connectivity index (χ2n) is 3.42. The highest BCUT2D eigenvalue weighted by Crippen LogP contribution is 2.26. The Bertz CT molecular complexity index is 507. The Morgan fingerprint density at radius 2 is 2.00 bits per heavy atom. The van der Waals surface area contributed by atoms with Gasteiger partial charge in [0.05, 0.1) is 11.1 Å². The van der Waals surface area contributed by atoms with E-state index >= 15 is 0 Å². The van der Waals surface area contributed by atoms with Crippen molar-refractivity contribution in [1.82, 2.24) is 4.90 Å². The summed E-state index contributed by atoms with van der Waals surface area (Å²) in [5, 5.41) is 8.77. The van der Waals surface area contributed by atoms with Crippen LogP contribution in [-0.4, -0.2) is 27.9 Å². The first-order valence-corrected chi connectivity index (χ1v) is 4.81. The molecule has 1 aromatic rings. The van der Waals surface area contributed by atoms with Gasteiger partial charge in [-0.3, -0.25) is 9.59 Å². The number of nitrogens with zero attached hydrogens (tertiary/aromatic N) is 1. The summed E-state index contributed by atoms with van der Waals surface area (Å²) < 4.78 is 0. The molecule has 0 saturated carbocycles. The van der Waals surface area contributed by atoms with Gasteiger partial charge < -0.3 is 5.11 Å². The zero-order valence-corrected chi connectivity index (χ0v) is 8.56. The van der Waals surface area contributed by atoms with Gasteiger partial charge in [0.25, 0.3) is 11.8 Å². The number of hydrogen-bond acceptors (Lipinski definition) is 3. The molecule has 0 aromatic heterocycles. The Morgan fingerprint density at radius 3 is 2.56 bits per heavy atom. The maximum atomic E-state index is 11.8. The fourth-order valence-corrected chi connectivity index (χ4v) is 1.82. The predicted molar refractivity (Wildman–Crippen MR) is 54.3 cm³/mol. The van der Waals surface area contributed by atoms with E-state index in [1.54, 1.807) is 12.1 Å². The molecule has 0 atom stereocenters. The maximum absolute atomic E-state index is 11.8. The van der Waals surface area contributed by atoms with E-state index in [4.69, 9.17) is 5.11 Å². The third-order valence-electron chi connectivity index (χ3n) is 2.57. The second-order valence-corrected chi connectivity index (χ2v) is 3.42. The van der Waals surface area contributed by atoms with Crippen molar-refractivity contribution in [2.75, 3.05) is 0 Å². The number of carbonyl (C=O) groups is 3. The molecule has 82 valence electrons. The minimum atomic E-state index is -1.53. The number of carboxylic acid groups (broad SMARTS) is 1. The molecule has 16 heavy (non-hydrogen) atoms. The van der Waals surface area contributed by atoms with Crippen molar-refractivity contribution in [3.05, 3.63) is 34.9 Å². The van der Waals surface area contributed by atoms with Crippen LogP contribution in [-0.2, 0) is 6.42 Å². The highest BCUT2D eigenvalue weighted by atomic mass is 16.4. The Kier molecular flexibility index (Phi) is 2.23. The zero-order chi connectivity index (χ0) is 11.9. The molecule has 1 aliphatic heterocycles. The summed E-state index contributed by atoms with van der Waals surface area (Å²) in [6, 6.07) is 4.83. The van der Waals surface area contributed by atoms with E-state index in [-0.39, 0.29) is 16.0 Å². The fraction of sp³-hybridized carbons (Fsp3) is 0.182. The molecule has 1 aliphatic rings. The van der Waals surface area contributed by atoms with Crippen molar-refractivity contribution < 1.29 is 19.5 Å². The van der Waals surface area contributed by atoms with Crippen LogP contribution in [0.5, 0.6) is 0 Å². The van der Waals surface area contributed by atoms with Crippen LogP contribution in [0.4, 0.5) is 4.79 Å². The summed E-state index contributed by atoms with van der Waals surface area (Å²) in [5.74, 6) is -1.51. The van der Waals surface area contributed by atoms with Crippen LogP contribution in [0, 0.1) is 0 Å². The third kappa shape index (κ3) is 1.21. The van der Waals surface area contributed by atoms with E-state index in [1.807, 2.05) is 6.92 Å². The first-order valence-electron chi connectivity index (χ1n) is 4.81. The highest BCUT2D eigenvalue weighted by molar-refractivity contribution is 6.28. The van der Waals surface area contributed by atoms with Gasteiger partial charge in [-0.25, -0.2) is 4.79 Å². The lowest BCUT2D eigenvalue weighted by Gasteiger charge is -2.05. The number of rotatable bonds is 1. The molecule has 0 spiro atoms. The van der Waals surface area contributed by atoms with Gasteiger partial charge in [0.1, 0.15) is 0 Å². The van der Waals surface area contributed by atoms with Crippen molar-refractivity contribution >= 4 is 17.9 Å². The summed E-state index contributed by atoms with van der Waals surface area (Å²) in [5.41, 5.74) is 1.09. The van der Waals surface area contributed by atoms with Gasteiger partial charge >= 0.3 is 6.09 Å². The largest absolute Gasteiger partial charge is 0.464 e. The molecule has 2 rings (SSSR count). The summed E-state index contributed by atoms with van der Waals surface area (Å²) >= 11 is 0. The summed E-state index contributed by atoms with van der Waals surface area (Å²) in [6.07, 6.45) is -0.955. The Morgan fingerprint density at radius 1 is 1.31 bits per heavy atom. The van der Waals surface area contributed by atoms with Crippen LogP contribution >= 0.6 is 0 Å². The van der Waals surface area contributed by atoms with Crippen LogP contribution in [0.3, 0.4) is 0 Å². The smallest absolute Gasteiger partial charge is 0.421 e. The number of benzene rings is 1. The molecule has 5 heteroatoms. The minimum absolute atomic E-state index is 0.173. The van der Waals surface area contributed by atoms with Crippen LogP contribution in [0.15, 0.2) is 18.2 Å². The Balaban J connectivity index is 2.64. The van der Waals surface area contributed by atoms with Gasteiger partial charge in [-0.2, -0.15) is 4.90 Å². The quantitative estimate of drug-likeness (QED) is 0.726. The van der Waals surface area contributed by atoms with Crippen molar-refractivity contribution in [2.24, 2.45) is 0 Å². The molecule has 0 bridgehead atoms. The minimum Gasteiger partial charge on any atom is -0.464 e. The van der Waals surface area contributed by atoms with E-state index in [0.29, 0.717) is 12.0 Å². The highest BCUT2D eigenvalue weighted by Gasteiger charge is 2.41. The standard InChI is InChI=1S/C11H9NO4/c1-2-6-4-3-5-7-8(6)10(14)12(9(7)13)11(15)16/h3-5H,2H2,1H3,(H,15,16). The van der Waals surface area contributed by atoms with Gasteiger partial charge in [-0.05, 0) is 18.1 Å². The first-order chi connectivity index (χ1) is 7.57. The molecule has 1 heterocycles. The van der Waals surface area contributed by atoms with Gasteiger partial charge in [0.2, 0.25) is 0 Å². The Hall–Kier alpha value is -2.17. The molecular weight excluding hydrogens is 210 g/mol. The summed E-state index contributed by atoms with van der Waals surface area (Å²) in [6.45, 7) is 1.84. The average Bonchev–Trinajstić information content (AvgIpc) is 2.51. The molecule has 0 aliphatic carbocycles. The zero-order valence-electron chi connectivity index (χ0n) is 8.56. The monoisotopic (exact) mass is 219 g/mol. The normalized spacial score (nSPS) is 14.2. The molecular formula is C11H9NO4. The lowest BCUT2D eigenvalue weighted by Crippen LogP contribution is -2.34. The molecule has 1 aromatic carbocycles. The van der Waals surface area contributed by atoms with E-state index in [9.17, 15) is 14.4 Å². The van der Waals surface area contributed by atoms with Gasteiger partial charge in [0.15, 0.2) is 0 Å². The first kappa shape index (κ1) is 10.4. The van der Waals surface area contributed by atoms with Crippen molar-refractivity contribution in [2.45, 2.75) is 13.3 Å². The molecule has 1 N–H and O–H groups in total. The fourth-order valence-electron chi connectivity index (χ4n) is 1.82. The van der Waals surface area contributed by atoms with E-state index in [0.717, 1.165) is 0 Å².